The first-order chi connectivity index (χ1) is 14.1. The Hall–Kier alpha value is -2.43. The number of aliphatic hydroxyl groups excluding tert-OH is 1. The predicted octanol–water partition coefficient (Wildman–Crippen LogP) is 2.55. The van der Waals surface area contributed by atoms with Gasteiger partial charge in [0.15, 0.2) is 0 Å². The van der Waals surface area contributed by atoms with E-state index in [1.165, 1.54) is 12.1 Å². The average molecular weight is 440 g/mol. The normalized spacial score (nSPS) is 17.2. The number of alkyl halides is 3. The zero-order chi connectivity index (χ0) is 21.7. The van der Waals surface area contributed by atoms with Crippen LogP contribution in [0.4, 0.5) is 18.9 Å². The van der Waals surface area contributed by atoms with E-state index >= 15 is 0 Å². The lowest BCUT2D eigenvalue weighted by molar-refractivity contribution is -0.137. The molecule has 1 unspecified atom stereocenters. The van der Waals surface area contributed by atoms with Gasteiger partial charge in [-0.2, -0.15) is 13.2 Å². The molecule has 6 nitrogen and oxygen atoms in total. The van der Waals surface area contributed by atoms with Crippen LogP contribution in [0.5, 0.6) is 0 Å². The fourth-order valence-electron chi connectivity index (χ4n) is 3.87. The Bertz CT molecular complexity index is 1100. The van der Waals surface area contributed by atoms with E-state index in [-0.39, 0.29) is 22.9 Å². The minimum atomic E-state index is -4.49. The Kier molecular flexibility index (Phi) is 5.11. The first kappa shape index (κ1) is 20.8. The second-order valence-corrected chi connectivity index (χ2v) is 9.14. The Morgan fingerprint density at radius 1 is 1.07 bits per heavy atom. The Morgan fingerprint density at radius 2 is 1.70 bits per heavy atom. The Morgan fingerprint density at radius 3 is 2.33 bits per heavy atom. The SMILES string of the molecule is O=C1CCc2cc(S(=O)(=O)NCC(O)c3ccc(C(F)(F)F)cc3)cc3c2N1CC3. The van der Waals surface area contributed by atoms with Gasteiger partial charge >= 0.3 is 6.18 Å². The summed E-state index contributed by atoms with van der Waals surface area (Å²) in [5.41, 5.74) is 1.72. The second-order valence-electron chi connectivity index (χ2n) is 7.37. The van der Waals surface area contributed by atoms with Gasteiger partial charge in [0, 0.05) is 19.5 Å². The molecular formula is C20H19F3N2O4S. The molecule has 0 spiro atoms. The highest BCUT2D eigenvalue weighted by Gasteiger charge is 2.33. The fraction of sp³-hybridized carbons (Fsp3) is 0.350. The van der Waals surface area contributed by atoms with Gasteiger partial charge in [0.25, 0.3) is 0 Å². The van der Waals surface area contributed by atoms with Gasteiger partial charge in [0.1, 0.15) is 0 Å². The van der Waals surface area contributed by atoms with E-state index in [0.717, 1.165) is 41.1 Å². The van der Waals surface area contributed by atoms with E-state index in [0.29, 0.717) is 25.8 Å². The molecule has 0 saturated carbocycles. The average Bonchev–Trinajstić information content (AvgIpc) is 3.14. The van der Waals surface area contributed by atoms with Crippen LogP contribution < -0.4 is 9.62 Å². The summed E-state index contributed by atoms with van der Waals surface area (Å²) in [7, 11) is -3.95. The van der Waals surface area contributed by atoms with E-state index in [2.05, 4.69) is 4.72 Å². The summed E-state index contributed by atoms with van der Waals surface area (Å²) in [5, 5.41) is 10.2. The van der Waals surface area contributed by atoms with Gasteiger partial charge in [-0.05, 0) is 53.8 Å². The molecule has 2 N–H and O–H groups in total. The minimum Gasteiger partial charge on any atom is -0.387 e. The number of rotatable bonds is 5. The molecule has 2 aromatic rings. The number of aliphatic hydroxyl groups is 1. The topological polar surface area (TPSA) is 86.7 Å². The summed E-state index contributed by atoms with van der Waals surface area (Å²) < 4.78 is 65.7. The minimum absolute atomic E-state index is 0.0367. The maximum atomic E-state index is 12.7. The highest BCUT2D eigenvalue weighted by Crippen LogP contribution is 2.38. The zero-order valence-electron chi connectivity index (χ0n) is 15.7. The molecule has 0 radical (unpaired) electrons. The maximum Gasteiger partial charge on any atom is 0.416 e. The van der Waals surface area contributed by atoms with Crippen LogP contribution in [0.1, 0.15) is 34.8 Å². The number of anilines is 1. The quantitative estimate of drug-likeness (QED) is 0.748. The van der Waals surface area contributed by atoms with Crippen molar-refractivity contribution in [2.45, 2.75) is 36.4 Å². The van der Waals surface area contributed by atoms with Crippen LogP contribution in [0.15, 0.2) is 41.3 Å². The molecule has 30 heavy (non-hydrogen) atoms. The molecule has 0 saturated heterocycles. The first-order valence-corrected chi connectivity index (χ1v) is 10.9. The van der Waals surface area contributed by atoms with Crippen molar-refractivity contribution in [2.75, 3.05) is 18.0 Å². The van der Waals surface area contributed by atoms with Crippen LogP contribution in [-0.2, 0) is 33.8 Å². The molecule has 0 bridgehead atoms. The third-order valence-electron chi connectivity index (χ3n) is 5.43. The fourth-order valence-corrected chi connectivity index (χ4v) is 5.00. The van der Waals surface area contributed by atoms with E-state index in [1.54, 1.807) is 4.90 Å². The molecule has 0 aliphatic carbocycles. The Balaban J connectivity index is 1.50. The number of nitrogens with zero attached hydrogens (tertiary/aromatic N) is 1. The number of hydrogen-bond acceptors (Lipinski definition) is 4. The maximum absolute atomic E-state index is 12.7. The van der Waals surface area contributed by atoms with Crippen molar-refractivity contribution >= 4 is 21.6 Å². The summed E-state index contributed by atoms with van der Waals surface area (Å²) in [6.45, 7) is 0.148. The lowest BCUT2D eigenvalue weighted by Crippen LogP contribution is -2.33. The van der Waals surface area contributed by atoms with Gasteiger partial charge in [0.05, 0.1) is 22.3 Å². The highest BCUT2D eigenvalue weighted by atomic mass is 32.2. The number of amides is 1. The van der Waals surface area contributed by atoms with Crippen LogP contribution in [0.3, 0.4) is 0 Å². The molecule has 10 heteroatoms. The lowest BCUT2D eigenvalue weighted by atomic mass is 10.00. The molecule has 2 aliphatic heterocycles. The number of nitrogens with one attached hydrogen (secondary N) is 1. The predicted molar refractivity (Wildman–Crippen MR) is 102 cm³/mol. The number of aryl methyl sites for hydroxylation is 1. The third kappa shape index (κ3) is 3.82. The van der Waals surface area contributed by atoms with E-state index in [1.807, 2.05) is 0 Å². The van der Waals surface area contributed by atoms with E-state index < -0.39 is 27.9 Å². The molecule has 0 aromatic heterocycles. The third-order valence-corrected chi connectivity index (χ3v) is 6.83. The van der Waals surface area contributed by atoms with Gasteiger partial charge in [0.2, 0.25) is 15.9 Å². The monoisotopic (exact) mass is 440 g/mol. The number of benzene rings is 2. The molecular weight excluding hydrogens is 421 g/mol. The van der Waals surface area contributed by atoms with Gasteiger partial charge < -0.3 is 10.0 Å². The molecule has 1 atom stereocenters. The van der Waals surface area contributed by atoms with Gasteiger partial charge in [-0.3, -0.25) is 4.79 Å². The second kappa shape index (κ2) is 7.36. The smallest absolute Gasteiger partial charge is 0.387 e. The van der Waals surface area contributed by atoms with Crippen molar-refractivity contribution in [3.8, 4) is 0 Å². The van der Waals surface area contributed by atoms with Crippen LogP contribution in [-0.4, -0.2) is 32.5 Å². The molecule has 0 fully saturated rings. The van der Waals surface area contributed by atoms with Crippen LogP contribution >= 0.6 is 0 Å². The van der Waals surface area contributed by atoms with Gasteiger partial charge in [-0.1, -0.05) is 12.1 Å². The van der Waals surface area contributed by atoms with Crippen LogP contribution in [0.25, 0.3) is 0 Å². The summed E-state index contributed by atoms with van der Waals surface area (Å²) in [4.78, 5) is 13.7. The Labute approximate surface area is 171 Å². The molecule has 2 heterocycles. The number of carbonyl (C=O) groups excluding carboxylic acids is 1. The van der Waals surface area contributed by atoms with Crippen LogP contribution in [0.2, 0.25) is 0 Å². The van der Waals surface area contributed by atoms with Crippen molar-refractivity contribution < 1.29 is 31.5 Å². The summed E-state index contributed by atoms with van der Waals surface area (Å²) >= 11 is 0. The van der Waals surface area contributed by atoms with Crippen molar-refractivity contribution in [1.29, 1.82) is 0 Å². The van der Waals surface area contributed by atoms with Crippen molar-refractivity contribution in [1.82, 2.24) is 4.72 Å². The molecule has 2 aliphatic rings. The highest BCUT2D eigenvalue weighted by molar-refractivity contribution is 7.89. The largest absolute Gasteiger partial charge is 0.416 e. The number of sulfonamides is 1. The summed E-state index contributed by atoms with van der Waals surface area (Å²) in [5.74, 6) is 0.0367. The van der Waals surface area contributed by atoms with E-state index in [4.69, 9.17) is 0 Å². The van der Waals surface area contributed by atoms with Crippen molar-refractivity contribution in [3.63, 3.8) is 0 Å². The number of carbonyl (C=O) groups is 1. The standard InChI is InChI=1S/C20H19F3N2O4S/c21-20(22,23)15-4-1-12(2-5-15)17(26)11-24-30(28,29)16-9-13-3-6-18(27)25-8-7-14(10-16)19(13)25/h1-2,4-5,9-10,17,24,26H,3,6-8,11H2. The van der Waals surface area contributed by atoms with Gasteiger partial charge in [-0.15, -0.1) is 0 Å². The lowest BCUT2D eigenvalue weighted by Gasteiger charge is -2.25. The van der Waals surface area contributed by atoms with Crippen molar-refractivity contribution in [3.05, 3.63) is 58.7 Å². The molecule has 4 rings (SSSR count). The molecule has 1 amide bonds. The zero-order valence-corrected chi connectivity index (χ0v) is 16.6. The summed E-state index contributed by atoms with van der Waals surface area (Å²) in [6.07, 6.45) is -4.42. The first-order valence-electron chi connectivity index (χ1n) is 9.37. The van der Waals surface area contributed by atoms with Crippen molar-refractivity contribution in [2.24, 2.45) is 0 Å². The number of hydrogen-bond donors (Lipinski definition) is 2. The molecule has 160 valence electrons. The molecule has 2 aromatic carbocycles. The van der Waals surface area contributed by atoms with Crippen LogP contribution in [0, 0.1) is 0 Å². The van der Waals surface area contributed by atoms with Gasteiger partial charge in [-0.25, -0.2) is 13.1 Å². The number of halogens is 3. The summed E-state index contributed by atoms with van der Waals surface area (Å²) in [6, 6.07) is 6.98. The van der Waals surface area contributed by atoms with E-state index in [9.17, 15) is 31.5 Å².